The Kier molecular flexibility index (Phi) is 11.9. The summed E-state index contributed by atoms with van der Waals surface area (Å²) in [6.45, 7) is 14.1. The summed E-state index contributed by atoms with van der Waals surface area (Å²) >= 11 is 0. The molecule has 0 bridgehead atoms. The maximum atomic E-state index is 13.5. The molecule has 232 valence electrons. The highest BCUT2D eigenvalue weighted by molar-refractivity contribution is 5.90. The molecular weight excluding hydrogens is 532 g/mol. The molecule has 3 atom stereocenters. The van der Waals surface area contributed by atoms with E-state index in [1.54, 1.807) is 48.5 Å². The molecule has 0 saturated carbocycles. The molecule has 6 N–H and O–H groups in total. The van der Waals surface area contributed by atoms with Crippen molar-refractivity contribution < 1.29 is 23.9 Å². The highest BCUT2D eigenvalue weighted by atomic mass is 16.6. The molecule has 9 nitrogen and oxygen atoms in total. The van der Waals surface area contributed by atoms with Crippen molar-refractivity contribution in [2.75, 3.05) is 0 Å². The minimum atomic E-state index is -1.14. The van der Waals surface area contributed by atoms with E-state index >= 15 is 0 Å². The quantitative estimate of drug-likeness (QED) is 0.183. The van der Waals surface area contributed by atoms with Crippen LogP contribution in [0.25, 0.3) is 0 Å². The van der Waals surface area contributed by atoms with Crippen LogP contribution < -0.4 is 22.1 Å². The van der Waals surface area contributed by atoms with Crippen LogP contribution in [0.3, 0.4) is 0 Å². The third kappa shape index (κ3) is 11.9. The normalized spacial score (nSPS) is 15.2. The molecule has 0 aliphatic carbocycles. The van der Waals surface area contributed by atoms with Crippen LogP contribution in [0, 0.1) is 0 Å². The predicted octanol–water partition coefficient (Wildman–Crippen LogP) is 3.77. The van der Waals surface area contributed by atoms with Gasteiger partial charge in [0.15, 0.2) is 0 Å². The summed E-state index contributed by atoms with van der Waals surface area (Å²) in [5.41, 5.74) is 10.2. The van der Waals surface area contributed by atoms with Gasteiger partial charge in [0, 0.05) is 12.8 Å². The number of esters is 2. The molecule has 42 heavy (non-hydrogen) atoms. The van der Waals surface area contributed by atoms with Gasteiger partial charge < -0.3 is 26.3 Å². The average molecular weight is 583 g/mol. The molecule has 2 aromatic rings. The molecule has 2 rings (SSSR count). The molecule has 0 spiro atoms. The zero-order valence-electron chi connectivity index (χ0n) is 26.5. The summed E-state index contributed by atoms with van der Waals surface area (Å²) in [4.78, 5) is 39.8. The van der Waals surface area contributed by atoms with Crippen LogP contribution in [0.15, 0.2) is 60.7 Å². The summed E-state index contributed by atoms with van der Waals surface area (Å²) < 4.78 is 11.9. The van der Waals surface area contributed by atoms with Gasteiger partial charge in [-0.15, -0.1) is 0 Å². The van der Waals surface area contributed by atoms with Gasteiger partial charge in [0.2, 0.25) is 5.91 Å². The van der Waals surface area contributed by atoms with Gasteiger partial charge in [-0.3, -0.25) is 14.9 Å². The number of carbonyl (C=O) groups is 3. The number of hydrogen-bond acceptors (Lipinski definition) is 8. The van der Waals surface area contributed by atoms with E-state index in [-0.39, 0.29) is 12.8 Å². The van der Waals surface area contributed by atoms with Crippen LogP contribution in [0.4, 0.5) is 0 Å². The predicted molar refractivity (Wildman–Crippen MR) is 165 cm³/mol. The summed E-state index contributed by atoms with van der Waals surface area (Å²) in [6.07, 6.45) is 1.24. The standard InChI is InChI=1S/C33H50N4O5/c1-9-33(8,35)29(40)36-25(20-23-16-12-10-13-17-23)27(38)41-30(2,3)22-31(4,5)42-28(39)26(37-32(6,7)34)21-24-18-14-11-15-19-24/h10-19,25-26,37H,9,20-22,34-35H2,1-8H3,(H,36,40)/t25-,26-,33?/m0/s1. The van der Waals surface area contributed by atoms with Crippen LogP contribution in [0.2, 0.25) is 0 Å². The number of benzene rings is 2. The first-order chi connectivity index (χ1) is 19.3. The first-order valence-electron chi connectivity index (χ1n) is 14.5. The van der Waals surface area contributed by atoms with Crippen molar-refractivity contribution in [1.82, 2.24) is 10.6 Å². The Morgan fingerprint density at radius 2 is 1.12 bits per heavy atom. The largest absolute Gasteiger partial charge is 0.458 e. The van der Waals surface area contributed by atoms with Crippen LogP contribution in [0.5, 0.6) is 0 Å². The van der Waals surface area contributed by atoms with Crippen LogP contribution in [0.1, 0.15) is 79.4 Å². The summed E-state index contributed by atoms with van der Waals surface area (Å²) in [5.74, 6) is -1.49. The molecule has 2 aromatic carbocycles. The first-order valence-corrected chi connectivity index (χ1v) is 14.5. The van der Waals surface area contributed by atoms with E-state index in [2.05, 4.69) is 10.6 Å². The zero-order valence-corrected chi connectivity index (χ0v) is 26.5. The Morgan fingerprint density at radius 3 is 1.52 bits per heavy atom. The Balaban J connectivity index is 2.16. The molecular formula is C33H50N4O5. The van der Waals surface area contributed by atoms with Gasteiger partial charge in [-0.25, -0.2) is 4.79 Å². The number of nitrogens with two attached hydrogens (primary N) is 2. The molecule has 0 radical (unpaired) electrons. The lowest BCUT2D eigenvalue weighted by molar-refractivity contribution is -0.174. The molecule has 0 aliphatic heterocycles. The lowest BCUT2D eigenvalue weighted by Gasteiger charge is -2.37. The molecule has 0 heterocycles. The van der Waals surface area contributed by atoms with E-state index in [1.807, 2.05) is 67.6 Å². The van der Waals surface area contributed by atoms with Gasteiger partial charge >= 0.3 is 11.9 Å². The van der Waals surface area contributed by atoms with Gasteiger partial charge in [-0.1, -0.05) is 67.6 Å². The van der Waals surface area contributed by atoms with Crippen molar-refractivity contribution in [2.24, 2.45) is 11.5 Å². The van der Waals surface area contributed by atoms with Gasteiger partial charge in [-0.05, 0) is 72.4 Å². The molecule has 1 amide bonds. The van der Waals surface area contributed by atoms with Crippen molar-refractivity contribution in [3.8, 4) is 0 Å². The van der Waals surface area contributed by atoms with Crippen molar-refractivity contribution in [2.45, 2.75) is 116 Å². The third-order valence-electron chi connectivity index (χ3n) is 6.84. The average Bonchev–Trinajstić information content (AvgIpc) is 2.87. The van der Waals surface area contributed by atoms with Crippen molar-refractivity contribution >= 4 is 17.8 Å². The summed E-state index contributed by atoms with van der Waals surface area (Å²) in [7, 11) is 0. The second-order valence-corrected chi connectivity index (χ2v) is 13.1. The number of carbonyl (C=O) groups excluding carboxylic acids is 3. The Morgan fingerprint density at radius 1 is 0.714 bits per heavy atom. The lowest BCUT2D eigenvalue weighted by Crippen LogP contribution is -2.57. The van der Waals surface area contributed by atoms with Crippen molar-refractivity contribution in [1.29, 1.82) is 0 Å². The van der Waals surface area contributed by atoms with E-state index in [1.165, 1.54) is 0 Å². The van der Waals surface area contributed by atoms with E-state index in [9.17, 15) is 14.4 Å². The molecule has 0 aromatic heterocycles. The fourth-order valence-electron chi connectivity index (χ4n) is 4.80. The van der Waals surface area contributed by atoms with Crippen molar-refractivity contribution in [3.63, 3.8) is 0 Å². The highest BCUT2D eigenvalue weighted by Crippen LogP contribution is 2.28. The smallest absolute Gasteiger partial charge is 0.329 e. The van der Waals surface area contributed by atoms with Gasteiger partial charge in [0.25, 0.3) is 0 Å². The second kappa shape index (κ2) is 14.3. The van der Waals surface area contributed by atoms with Crippen LogP contribution in [-0.2, 0) is 36.7 Å². The minimum absolute atomic E-state index is 0.205. The fraction of sp³-hybridized carbons (Fsp3) is 0.545. The molecule has 0 aliphatic rings. The number of amides is 1. The Hall–Kier alpha value is -3.27. The third-order valence-corrected chi connectivity index (χ3v) is 6.84. The van der Waals surface area contributed by atoms with E-state index in [0.29, 0.717) is 12.8 Å². The zero-order chi connectivity index (χ0) is 31.8. The van der Waals surface area contributed by atoms with Gasteiger partial charge in [0.1, 0.15) is 23.3 Å². The Labute approximate surface area is 251 Å². The fourth-order valence-corrected chi connectivity index (χ4v) is 4.80. The summed E-state index contributed by atoms with van der Waals surface area (Å²) in [5, 5.41) is 5.95. The van der Waals surface area contributed by atoms with E-state index in [4.69, 9.17) is 20.9 Å². The number of nitrogens with one attached hydrogen (secondary N) is 2. The number of ether oxygens (including phenoxy) is 2. The monoisotopic (exact) mass is 582 g/mol. The van der Waals surface area contributed by atoms with Crippen LogP contribution in [-0.4, -0.2) is 52.3 Å². The minimum Gasteiger partial charge on any atom is -0.458 e. The van der Waals surface area contributed by atoms with Crippen LogP contribution >= 0.6 is 0 Å². The molecule has 0 saturated heterocycles. The van der Waals surface area contributed by atoms with E-state index in [0.717, 1.165) is 11.1 Å². The number of hydrogen-bond donors (Lipinski definition) is 4. The van der Waals surface area contributed by atoms with Crippen molar-refractivity contribution in [3.05, 3.63) is 71.8 Å². The molecule has 1 unspecified atom stereocenters. The Bertz CT molecular complexity index is 1170. The summed E-state index contributed by atoms with van der Waals surface area (Å²) in [6, 6.07) is 17.4. The second-order valence-electron chi connectivity index (χ2n) is 13.1. The first kappa shape index (κ1) is 34.9. The highest BCUT2D eigenvalue weighted by Gasteiger charge is 2.39. The topological polar surface area (TPSA) is 146 Å². The molecule has 0 fully saturated rings. The SMILES string of the molecule is CCC(C)(N)C(=O)N[C@@H](Cc1ccccc1)C(=O)OC(C)(C)CC(C)(C)OC(=O)[C@H](Cc1ccccc1)NC(C)(C)N. The maximum Gasteiger partial charge on any atom is 0.329 e. The molecule has 9 heteroatoms. The van der Waals surface area contributed by atoms with Gasteiger partial charge in [-0.2, -0.15) is 0 Å². The van der Waals surface area contributed by atoms with E-state index < -0.39 is 52.3 Å². The lowest BCUT2D eigenvalue weighted by atomic mass is 9.91. The van der Waals surface area contributed by atoms with Gasteiger partial charge in [0.05, 0.1) is 11.2 Å². The maximum absolute atomic E-state index is 13.5. The number of rotatable bonds is 15.